The molecule has 0 aliphatic carbocycles. The number of sulfone groups is 1. The number of aryl methyl sites for hydroxylation is 1. The molecule has 5 heteroatoms. The molecular weight excluding hydrogens is 291 g/mol. The molecule has 2 aromatic rings. The number of halogens is 1. The molecule has 0 aromatic heterocycles. The van der Waals surface area contributed by atoms with Gasteiger partial charge in [-0.1, -0.05) is 24.3 Å². The fourth-order valence-electron chi connectivity index (χ4n) is 2.81. The van der Waals surface area contributed by atoms with Crippen molar-refractivity contribution in [3.8, 4) is 0 Å². The molecule has 0 saturated carbocycles. The maximum Gasteiger partial charge on any atom is 0.178 e. The highest BCUT2D eigenvalue weighted by atomic mass is 32.2. The third-order valence-electron chi connectivity index (χ3n) is 4.04. The van der Waals surface area contributed by atoms with Gasteiger partial charge in [0.05, 0.1) is 10.6 Å². The molecule has 0 bridgehead atoms. The van der Waals surface area contributed by atoms with Crippen molar-refractivity contribution in [1.82, 2.24) is 0 Å². The summed E-state index contributed by atoms with van der Waals surface area (Å²) in [5.41, 5.74) is -0.0988. The molecule has 110 valence electrons. The maximum absolute atomic E-state index is 13.4. The van der Waals surface area contributed by atoms with Crippen molar-refractivity contribution < 1.29 is 17.9 Å². The summed E-state index contributed by atoms with van der Waals surface area (Å²) < 4.78 is 37.7. The van der Waals surface area contributed by atoms with Crippen LogP contribution in [0.4, 0.5) is 4.39 Å². The first-order valence-electron chi connectivity index (χ1n) is 6.66. The quantitative estimate of drug-likeness (QED) is 0.881. The molecular formula is C16H15FO3S. The Morgan fingerprint density at radius 2 is 1.90 bits per heavy atom. The van der Waals surface area contributed by atoms with Gasteiger partial charge < -0.3 is 5.11 Å². The number of hydrogen-bond acceptors (Lipinski definition) is 3. The summed E-state index contributed by atoms with van der Waals surface area (Å²) in [6, 6.07) is 10.8. The molecule has 1 N–H and O–H groups in total. The largest absolute Gasteiger partial charge is 0.380 e. The van der Waals surface area contributed by atoms with E-state index in [2.05, 4.69) is 0 Å². The Balaban J connectivity index is 2.25. The van der Waals surface area contributed by atoms with Crippen LogP contribution in [0, 0.1) is 12.7 Å². The summed E-state index contributed by atoms with van der Waals surface area (Å²) in [7, 11) is -3.37. The minimum atomic E-state index is -3.37. The molecule has 1 unspecified atom stereocenters. The number of fused-ring (bicyclic) bond motifs is 1. The first-order valence-corrected chi connectivity index (χ1v) is 8.31. The van der Waals surface area contributed by atoms with Gasteiger partial charge in [0.2, 0.25) is 0 Å². The molecule has 0 spiro atoms. The first kappa shape index (κ1) is 14.2. The SMILES string of the molecule is Cc1cc(C2(O)CCS(=O)(=O)c3ccccc32)ccc1F. The average Bonchev–Trinajstić information content (AvgIpc) is 2.47. The smallest absolute Gasteiger partial charge is 0.178 e. The minimum Gasteiger partial charge on any atom is -0.380 e. The average molecular weight is 306 g/mol. The zero-order chi connectivity index (χ0) is 15.3. The Labute approximate surface area is 123 Å². The minimum absolute atomic E-state index is 0.0669. The lowest BCUT2D eigenvalue weighted by atomic mass is 9.83. The van der Waals surface area contributed by atoms with Gasteiger partial charge in [0.1, 0.15) is 11.4 Å². The van der Waals surface area contributed by atoms with Crippen LogP contribution in [-0.4, -0.2) is 19.3 Å². The van der Waals surface area contributed by atoms with Gasteiger partial charge in [-0.15, -0.1) is 0 Å². The van der Waals surface area contributed by atoms with E-state index in [1.807, 2.05) is 0 Å². The van der Waals surface area contributed by atoms with Crippen molar-refractivity contribution in [1.29, 1.82) is 0 Å². The maximum atomic E-state index is 13.4. The summed E-state index contributed by atoms with van der Waals surface area (Å²) in [6.07, 6.45) is 0.0669. The Morgan fingerprint density at radius 1 is 1.19 bits per heavy atom. The van der Waals surface area contributed by atoms with Gasteiger partial charge in [-0.25, -0.2) is 12.8 Å². The second kappa shape index (κ2) is 4.64. The second-order valence-electron chi connectivity index (χ2n) is 5.39. The summed E-state index contributed by atoms with van der Waals surface area (Å²) in [4.78, 5) is 0.153. The number of benzene rings is 2. The molecule has 0 amide bonds. The highest BCUT2D eigenvalue weighted by Gasteiger charge is 2.41. The fraction of sp³-hybridized carbons (Fsp3) is 0.250. The standard InChI is InChI=1S/C16H15FO3S/c1-11-10-12(6-7-14(11)17)16(18)8-9-21(19,20)15-5-3-2-4-13(15)16/h2-7,10,18H,8-9H2,1H3. The van der Waals surface area contributed by atoms with E-state index in [-0.39, 0.29) is 22.9 Å². The van der Waals surface area contributed by atoms with Crippen molar-refractivity contribution in [2.45, 2.75) is 23.8 Å². The summed E-state index contributed by atoms with van der Waals surface area (Å²) in [5, 5.41) is 11.1. The zero-order valence-electron chi connectivity index (χ0n) is 11.5. The van der Waals surface area contributed by atoms with Crippen LogP contribution >= 0.6 is 0 Å². The van der Waals surface area contributed by atoms with Gasteiger partial charge in [0.15, 0.2) is 9.84 Å². The van der Waals surface area contributed by atoms with Crippen LogP contribution in [0.2, 0.25) is 0 Å². The van der Waals surface area contributed by atoms with Crippen molar-refractivity contribution in [3.05, 3.63) is 65.0 Å². The van der Waals surface area contributed by atoms with Crippen molar-refractivity contribution in [3.63, 3.8) is 0 Å². The summed E-state index contributed by atoms with van der Waals surface area (Å²) in [5.74, 6) is -0.476. The van der Waals surface area contributed by atoms with Crippen LogP contribution in [0.5, 0.6) is 0 Å². The molecule has 1 atom stereocenters. The Hall–Kier alpha value is -1.72. The van der Waals surface area contributed by atoms with E-state index in [4.69, 9.17) is 0 Å². The molecule has 2 aromatic carbocycles. The van der Waals surface area contributed by atoms with Crippen molar-refractivity contribution in [2.75, 3.05) is 5.75 Å². The topological polar surface area (TPSA) is 54.4 Å². The highest BCUT2D eigenvalue weighted by Crippen LogP contribution is 2.41. The third kappa shape index (κ3) is 2.17. The van der Waals surface area contributed by atoms with Gasteiger partial charge in [-0.2, -0.15) is 0 Å². The van der Waals surface area contributed by atoms with Crippen LogP contribution in [-0.2, 0) is 15.4 Å². The molecule has 3 rings (SSSR count). The van der Waals surface area contributed by atoms with E-state index >= 15 is 0 Å². The van der Waals surface area contributed by atoms with E-state index in [1.54, 1.807) is 31.2 Å². The zero-order valence-corrected chi connectivity index (χ0v) is 12.3. The molecule has 0 radical (unpaired) electrons. The fourth-order valence-corrected chi connectivity index (χ4v) is 4.45. The van der Waals surface area contributed by atoms with Crippen LogP contribution in [0.1, 0.15) is 23.1 Å². The molecule has 1 heterocycles. The predicted octanol–water partition coefficient (Wildman–Crippen LogP) is 2.55. The van der Waals surface area contributed by atoms with Gasteiger partial charge in [-0.05, 0) is 42.7 Å². The van der Waals surface area contributed by atoms with Crippen molar-refractivity contribution >= 4 is 9.84 Å². The Morgan fingerprint density at radius 3 is 2.62 bits per heavy atom. The Bertz CT molecular complexity index is 814. The lowest BCUT2D eigenvalue weighted by Gasteiger charge is -2.34. The summed E-state index contributed by atoms with van der Waals surface area (Å²) in [6.45, 7) is 1.62. The predicted molar refractivity (Wildman–Crippen MR) is 77.2 cm³/mol. The van der Waals surface area contributed by atoms with Gasteiger partial charge >= 0.3 is 0 Å². The third-order valence-corrected chi connectivity index (χ3v) is 5.80. The number of rotatable bonds is 1. The van der Waals surface area contributed by atoms with Gasteiger partial charge in [0.25, 0.3) is 0 Å². The second-order valence-corrected chi connectivity index (χ2v) is 7.47. The van der Waals surface area contributed by atoms with Crippen molar-refractivity contribution in [2.24, 2.45) is 0 Å². The molecule has 3 nitrogen and oxygen atoms in total. The highest BCUT2D eigenvalue weighted by molar-refractivity contribution is 7.91. The van der Waals surface area contributed by atoms with Crippen LogP contribution in [0.25, 0.3) is 0 Å². The van der Waals surface area contributed by atoms with Crippen LogP contribution in [0.3, 0.4) is 0 Å². The van der Waals surface area contributed by atoms with E-state index in [0.29, 0.717) is 16.7 Å². The lowest BCUT2D eigenvalue weighted by molar-refractivity contribution is 0.0716. The van der Waals surface area contributed by atoms with E-state index in [0.717, 1.165) is 0 Å². The molecule has 21 heavy (non-hydrogen) atoms. The lowest BCUT2D eigenvalue weighted by Crippen LogP contribution is -2.36. The van der Waals surface area contributed by atoms with E-state index in [1.165, 1.54) is 18.2 Å². The van der Waals surface area contributed by atoms with Crippen LogP contribution < -0.4 is 0 Å². The molecule has 0 fully saturated rings. The Kier molecular flexibility index (Phi) is 3.15. The van der Waals surface area contributed by atoms with Crippen LogP contribution in [0.15, 0.2) is 47.4 Å². The summed E-state index contributed by atoms with van der Waals surface area (Å²) >= 11 is 0. The first-order chi connectivity index (χ1) is 9.84. The molecule has 0 saturated heterocycles. The number of hydrogen-bond donors (Lipinski definition) is 1. The number of aliphatic hydroxyl groups is 1. The monoisotopic (exact) mass is 306 g/mol. The molecule has 1 aliphatic heterocycles. The van der Waals surface area contributed by atoms with Gasteiger partial charge in [0, 0.05) is 5.56 Å². The van der Waals surface area contributed by atoms with E-state index in [9.17, 15) is 17.9 Å². The normalized spacial score (nSPS) is 23.6. The van der Waals surface area contributed by atoms with E-state index < -0.39 is 15.4 Å². The molecule has 1 aliphatic rings. The van der Waals surface area contributed by atoms with Gasteiger partial charge in [-0.3, -0.25) is 0 Å².